The Morgan fingerprint density at radius 2 is 0.458 bits per heavy atom. The van der Waals surface area contributed by atoms with Crippen molar-refractivity contribution in [3.63, 3.8) is 0 Å². The Balaban J connectivity index is 0. The summed E-state index contributed by atoms with van der Waals surface area (Å²) in [5.74, 6) is 0. The summed E-state index contributed by atoms with van der Waals surface area (Å²) >= 11 is 0. The van der Waals surface area contributed by atoms with Gasteiger partial charge in [0.1, 0.15) is 0 Å². The van der Waals surface area contributed by atoms with E-state index in [4.69, 9.17) is 0 Å². The smallest absolute Gasteiger partial charge is 0.00248 e. The maximum absolute atomic E-state index is 2.26. The minimum Gasteiger partial charge on any atom is -0.309 e. The molecule has 0 saturated carbocycles. The average Bonchev–Trinajstić information content (AvgIpc) is 2.46. The number of hydrogen-bond acceptors (Lipinski definition) is 4. The lowest BCUT2D eigenvalue weighted by molar-refractivity contribution is 0.370. The summed E-state index contributed by atoms with van der Waals surface area (Å²) in [6.45, 7) is 4.95. The molecule has 148 valence electrons. The van der Waals surface area contributed by atoms with E-state index in [2.05, 4.69) is 76.0 Å². The molecule has 0 aromatic carbocycles. The molecule has 0 aliphatic carbocycles. The van der Waals surface area contributed by atoms with Crippen LogP contribution in [0.15, 0.2) is 0 Å². The fraction of sp³-hybridized carbons (Fsp3) is 1.00. The SMILES string of the molecule is CN(C)CCCCCCN(C)C.CN(C)CCCCCCN(C)C. The highest BCUT2D eigenvalue weighted by Crippen LogP contribution is 2.01. The Hall–Kier alpha value is -0.160. The van der Waals surface area contributed by atoms with E-state index < -0.39 is 0 Å². The minimum absolute atomic E-state index is 1.24. The van der Waals surface area contributed by atoms with Crippen LogP contribution in [-0.4, -0.2) is 102 Å². The summed E-state index contributed by atoms with van der Waals surface area (Å²) in [6, 6.07) is 0. The van der Waals surface area contributed by atoms with Gasteiger partial charge in [0.05, 0.1) is 0 Å². The van der Waals surface area contributed by atoms with Gasteiger partial charge in [-0.15, -0.1) is 0 Å². The molecule has 0 atom stereocenters. The van der Waals surface area contributed by atoms with Gasteiger partial charge in [0, 0.05) is 0 Å². The van der Waals surface area contributed by atoms with Gasteiger partial charge >= 0.3 is 0 Å². The van der Waals surface area contributed by atoms with Gasteiger partial charge in [0.15, 0.2) is 0 Å². The zero-order valence-corrected chi connectivity index (χ0v) is 18.3. The minimum atomic E-state index is 1.24. The molecule has 0 N–H and O–H groups in total. The lowest BCUT2D eigenvalue weighted by Crippen LogP contribution is -2.14. The normalized spacial score (nSPS) is 11.5. The fourth-order valence-corrected chi connectivity index (χ4v) is 2.42. The van der Waals surface area contributed by atoms with E-state index in [-0.39, 0.29) is 0 Å². The summed E-state index contributed by atoms with van der Waals surface area (Å²) < 4.78 is 0. The average molecular weight is 345 g/mol. The predicted molar refractivity (Wildman–Crippen MR) is 111 cm³/mol. The number of unbranched alkanes of at least 4 members (excludes halogenated alkanes) is 6. The molecule has 0 rings (SSSR count). The Morgan fingerprint density at radius 1 is 0.292 bits per heavy atom. The molecule has 0 heterocycles. The number of hydrogen-bond donors (Lipinski definition) is 0. The van der Waals surface area contributed by atoms with E-state index in [1.165, 1.54) is 77.5 Å². The van der Waals surface area contributed by atoms with E-state index in [9.17, 15) is 0 Å². The van der Waals surface area contributed by atoms with Crippen LogP contribution in [0.2, 0.25) is 0 Å². The van der Waals surface area contributed by atoms with Crippen molar-refractivity contribution in [1.82, 2.24) is 19.6 Å². The van der Waals surface area contributed by atoms with Crippen LogP contribution in [0.1, 0.15) is 51.4 Å². The molecule has 0 aliphatic heterocycles. The third kappa shape index (κ3) is 29.8. The molecule has 0 spiro atoms. The molecule has 0 amide bonds. The van der Waals surface area contributed by atoms with Gasteiger partial charge in [0.25, 0.3) is 0 Å². The first-order valence-electron chi connectivity index (χ1n) is 9.84. The van der Waals surface area contributed by atoms with Crippen molar-refractivity contribution in [1.29, 1.82) is 0 Å². The summed E-state index contributed by atoms with van der Waals surface area (Å²) in [5.41, 5.74) is 0. The molecular weight excluding hydrogens is 296 g/mol. The maximum Gasteiger partial charge on any atom is -0.00248 e. The molecule has 4 heteroatoms. The Bertz CT molecular complexity index is 180. The second-order valence-electron chi connectivity index (χ2n) is 8.04. The summed E-state index contributed by atoms with van der Waals surface area (Å²) in [6.07, 6.45) is 10.9. The zero-order chi connectivity index (χ0) is 18.8. The van der Waals surface area contributed by atoms with Crippen LogP contribution in [0.3, 0.4) is 0 Å². The molecule has 0 saturated heterocycles. The number of rotatable bonds is 14. The van der Waals surface area contributed by atoms with Gasteiger partial charge in [0.2, 0.25) is 0 Å². The van der Waals surface area contributed by atoms with Gasteiger partial charge in [-0.3, -0.25) is 0 Å². The first kappa shape index (κ1) is 26.1. The standard InChI is InChI=1S/2C10H24N2/c2*1-11(2)9-7-5-6-8-10-12(3)4/h2*5-10H2,1-4H3. The molecule has 4 nitrogen and oxygen atoms in total. The monoisotopic (exact) mass is 344 g/mol. The topological polar surface area (TPSA) is 13.0 Å². The lowest BCUT2D eigenvalue weighted by atomic mass is 10.2. The van der Waals surface area contributed by atoms with Crippen LogP contribution < -0.4 is 0 Å². The van der Waals surface area contributed by atoms with Gasteiger partial charge in [-0.05, 0) is 108 Å². The summed E-state index contributed by atoms with van der Waals surface area (Å²) in [5, 5.41) is 0. The van der Waals surface area contributed by atoms with Crippen molar-refractivity contribution in [3.8, 4) is 0 Å². The van der Waals surface area contributed by atoms with Crippen molar-refractivity contribution in [2.24, 2.45) is 0 Å². The maximum atomic E-state index is 2.26. The Labute approximate surface area is 154 Å². The molecule has 0 aromatic heterocycles. The largest absolute Gasteiger partial charge is 0.309 e. The van der Waals surface area contributed by atoms with Crippen LogP contribution in [0.4, 0.5) is 0 Å². The second-order valence-corrected chi connectivity index (χ2v) is 8.04. The Kier molecular flexibility index (Phi) is 20.8. The van der Waals surface area contributed by atoms with Gasteiger partial charge < -0.3 is 19.6 Å². The van der Waals surface area contributed by atoms with E-state index >= 15 is 0 Å². The third-order valence-corrected chi connectivity index (χ3v) is 3.92. The predicted octanol–water partition coefficient (Wildman–Crippen LogP) is 3.34. The lowest BCUT2D eigenvalue weighted by Gasteiger charge is -2.10. The molecule has 0 bridgehead atoms. The fourth-order valence-electron chi connectivity index (χ4n) is 2.42. The summed E-state index contributed by atoms with van der Waals surface area (Å²) in [7, 11) is 17.1. The van der Waals surface area contributed by atoms with Crippen LogP contribution in [0.5, 0.6) is 0 Å². The summed E-state index contributed by atoms with van der Waals surface area (Å²) in [4.78, 5) is 9.02. The quantitative estimate of drug-likeness (QED) is 0.448. The van der Waals surface area contributed by atoms with Crippen LogP contribution in [-0.2, 0) is 0 Å². The molecule has 0 unspecified atom stereocenters. The molecule has 0 aliphatic rings. The molecular formula is C20H48N4. The van der Waals surface area contributed by atoms with Gasteiger partial charge in [-0.1, -0.05) is 25.7 Å². The van der Waals surface area contributed by atoms with Crippen molar-refractivity contribution in [2.75, 3.05) is 82.6 Å². The van der Waals surface area contributed by atoms with E-state index in [0.717, 1.165) is 0 Å². The first-order chi connectivity index (χ1) is 11.3. The van der Waals surface area contributed by atoms with Crippen molar-refractivity contribution in [3.05, 3.63) is 0 Å². The highest BCUT2D eigenvalue weighted by atomic mass is 15.1. The first-order valence-corrected chi connectivity index (χ1v) is 9.84. The van der Waals surface area contributed by atoms with Gasteiger partial charge in [-0.25, -0.2) is 0 Å². The van der Waals surface area contributed by atoms with Crippen LogP contribution in [0, 0.1) is 0 Å². The van der Waals surface area contributed by atoms with E-state index in [1.807, 2.05) is 0 Å². The van der Waals surface area contributed by atoms with E-state index in [0.29, 0.717) is 0 Å². The third-order valence-electron chi connectivity index (χ3n) is 3.92. The van der Waals surface area contributed by atoms with Crippen molar-refractivity contribution >= 4 is 0 Å². The van der Waals surface area contributed by atoms with Gasteiger partial charge in [-0.2, -0.15) is 0 Å². The van der Waals surface area contributed by atoms with E-state index in [1.54, 1.807) is 0 Å². The molecule has 24 heavy (non-hydrogen) atoms. The van der Waals surface area contributed by atoms with Crippen LogP contribution >= 0.6 is 0 Å². The number of nitrogens with zero attached hydrogens (tertiary/aromatic N) is 4. The highest BCUT2D eigenvalue weighted by molar-refractivity contribution is 4.50. The molecule has 0 fully saturated rings. The molecule has 0 radical (unpaired) electrons. The van der Waals surface area contributed by atoms with Crippen molar-refractivity contribution < 1.29 is 0 Å². The highest BCUT2D eigenvalue weighted by Gasteiger charge is 1.94. The molecule has 0 aromatic rings. The van der Waals surface area contributed by atoms with Crippen LogP contribution in [0.25, 0.3) is 0 Å². The zero-order valence-electron chi connectivity index (χ0n) is 18.3. The van der Waals surface area contributed by atoms with Crippen molar-refractivity contribution in [2.45, 2.75) is 51.4 Å². The second kappa shape index (κ2) is 19.2. The Morgan fingerprint density at radius 3 is 0.583 bits per heavy atom.